The molecule has 1 aliphatic heterocycles. The summed E-state index contributed by atoms with van der Waals surface area (Å²) in [7, 11) is 1.61. The minimum Gasteiger partial charge on any atom is -0.507 e. The van der Waals surface area contributed by atoms with Crippen molar-refractivity contribution in [3.63, 3.8) is 0 Å². The number of benzene rings is 2. The van der Waals surface area contributed by atoms with Crippen LogP contribution in [0.2, 0.25) is 0 Å². The number of hydrogen-bond acceptors (Lipinski definition) is 6. The Morgan fingerprint density at radius 3 is 2.68 bits per heavy atom. The Bertz CT molecular complexity index is 1460. The average Bonchev–Trinajstić information content (AvgIpc) is 3.61. The summed E-state index contributed by atoms with van der Waals surface area (Å²) in [5.41, 5.74) is 4.80. The molecule has 0 bridgehead atoms. The maximum absolute atomic E-state index is 13.7. The Balaban J connectivity index is 1.62. The molecule has 8 heteroatoms. The highest BCUT2D eigenvalue weighted by Crippen LogP contribution is 2.47. The number of ether oxygens (including phenoxy) is 2. The number of fused-ring (bicyclic) bond motifs is 1. The monoisotopic (exact) mass is 515 g/mol. The SMILES string of the molecule is COc1cc(C2c3c(-c4cc(C)cc(C)c4O)n[nH]c3C(=O)N2Cc2ccco2)ccc1OCCC(C)C. The highest BCUT2D eigenvalue weighted by Gasteiger charge is 2.43. The van der Waals surface area contributed by atoms with Crippen molar-refractivity contribution in [3.05, 3.63) is 82.4 Å². The zero-order chi connectivity index (χ0) is 27.0. The zero-order valence-corrected chi connectivity index (χ0v) is 22.4. The minimum atomic E-state index is -0.491. The molecule has 2 N–H and O–H groups in total. The molecular formula is C30H33N3O5. The van der Waals surface area contributed by atoms with Gasteiger partial charge in [-0.25, -0.2) is 0 Å². The van der Waals surface area contributed by atoms with Crippen LogP contribution in [0.25, 0.3) is 11.3 Å². The lowest BCUT2D eigenvalue weighted by atomic mass is 9.94. The van der Waals surface area contributed by atoms with Crippen molar-refractivity contribution in [2.75, 3.05) is 13.7 Å². The van der Waals surface area contributed by atoms with Crippen molar-refractivity contribution in [1.29, 1.82) is 0 Å². The zero-order valence-electron chi connectivity index (χ0n) is 22.4. The van der Waals surface area contributed by atoms with Crippen LogP contribution in [0.3, 0.4) is 0 Å². The topological polar surface area (TPSA) is 101 Å². The third-order valence-corrected chi connectivity index (χ3v) is 6.93. The van der Waals surface area contributed by atoms with Crippen molar-refractivity contribution in [2.45, 2.75) is 46.7 Å². The van der Waals surface area contributed by atoms with E-state index in [1.54, 1.807) is 24.3 Å². The molecule has 1 unspecified atom stereocenters. The number of phenols is 1. The van der Waals surface area contributed by atoms with Gasteiger partial charge >= 0.3 is 0 Å². The maximum Gasteiger partial charge on any atom is 0.273 e. The molecule has 1 aliphatic rings. The van der Waals surface area contributed by atoms with Gasteiger partial charge in [-0.1, -0.05) is 26.0 Å². The summed E-state index contributed by atoms with van der Waals surface area (Å²) in [6.07, 6.45) is 2.52. The number of amides is 1. The van der Waals surface area contributed by atoms with Crippen LogP contribution in [0.5, 0.6) is 17.2 Å². The smallest absolute Gasteiger partial charge is 0.273 e. The molecule has 198 valence electrons. The van der Waals surface area contributed by atoms with Gasteiger partial charge in [0.2, 0.25) is 0 Å². The number of nitrogens with zero attached hydrogens (tertiary/aromatic N) is 2. The van der Waals surface area contributed by atoms with Crippen LogP contribution in [0.15, 0.2) is 53.1 Å². The number of aromatic nitrogens is 2. The number of carbonyl (C=O) groups excluding carboxylic acids is 1. The molecule has 0 saturated heterocycles. The molecule has 5 rings (SSSR count). The lowest BCUT2D eigenvalue weighted by Crippen LogP contribution is -2.29. The molecule has 4 aromatic rings. The molecule has 2 aromatic heterocycles. The highest BCUT2D eigenvalue weighted by atomic mass is 16.5. The van der Waals surface area contributed by atoms with E-state index < -0.39 is 6.04 Å². The third-order valence-electron chi connectivity index (χ3n) is 6.93. The van der Waals surface area contributed by atoms with Gasteiger partial charge in [0.1, 0.15) is 22.9 Å². The van der Waals surface area contributed by atoms with Crippen LogP contribution >= 0.6 is 0 Å². The first-order chi connectivity index (χ1) is 18.3. The van der Waals surface area contributed by atoms with Gasteiger partial charge in [0, 0.05) is 11.1 Å². The van der Waals surface area contributed by atoms with E-state index in [2.05, 4.69) is 24.0 Å². The van der Waals surface area contributed by atoms with Crippen molar-refractivity contribution in [3.8, 4) is 28.5 Å². The number of phenolic OH excluding ortho intramolecular Hbond substituents is 1. The number of furan rings is 1. The first kappa shape index (κ1) is 25.4. The van der Waals surface area contributed by atoms with Crippen molar-refractivity contribution >= 4 is 5.91 Å². The minimum absolute atomic E-state index is 0.145. The van der Waals surface area contributed by atoms with Gasteiger partial charge in [-0.2, -0.15) is 5.10 Å². The van der Waals surface area contributed by atoms with Crippen LogP contribution in [-0.4, -0.2) is 39.8 Å². The first-order valence-corrected chi connectivity index (χ1v) is 12.8. The molecule has 0 radical (unpaired) electrons. The summed E-state index contributed by atoms with van der Waals surface area (Å²) in [6, 6.07) is 12.7. The van der Waals surface area contributed by atoms with Gasteiger partial charge in [0.25, 0.3) is 5.91 Å². The number of aryl methyl sites for hydroxylation is 2. The second-order valence-corrected chi connectivity index (χ2v) is 10.2. The van der Waals surface area contributed by atoms with Gasteiger partial charge in [0.15, 0.2) is 11.5 Å². The van der Waals surface area contributed by atoms with E-state index in [0.29, 0.717) is 52.3 Å². The number of hydrogen-bond donors (Lipinski definition) is 2. The van der Waals surface area contributed by atoms with E-state index in [9.17, 15) is 9.90 Å². The van der Waals surface area contributed by atoms with Gasteiger partial charge in [0.05, 0.1) is 32.6 Å². The van der Waals surface area contributed by atoms with Crippen LogP contribution < -0.4 is 9.47 Å². The summed E-state index contributed by atoms with van der Waals surface area (Å²) in [4.78, 5) is 15.4. The Hall–Kier alpha value is -4.20. The number of H-pyrrole nitrogens is 1. The fourth-order valence-electron chi connectivity index (χ4n) is 5.00. The Labute approximate surface area is 222 Å². The fourth-order valence-corrected chi connectivity index (χ4v) is 5.00. The molecule has 0 aliphatic carbocycles. The Kier molecular flexibility index (Phi) is 6.89. The number of aromatic amines is 1. The summed E-state index contributed by atoms with van der Waals surface area (Å²) < 4.78 is 17.3. The molecule has 0 spiro atoms. The van der Waals surface area contributed by atoms with Crippen LogP contribution in [0, 0.1) is 19.8 Å². The van der Waals surface area contributed by atoms with Gasteiger partial charge in [-0.05, 0) is 73.2 Å². The number of methoxy groups -OCH3 is 1. The lowest BCUT2D eigenvalue weighted by molar-refractivity contribution is 0.0716. The predicted octanol–water partition coefficient (Wildman–Crippen LogP) is 6.17. The average molecular weight is 516 g/mol. The maximum atomic E-state index is 13.7. The summed E-state index contributed by atoms with van der Waals surface area (Å²) >= 11 is 0. The van der Waals surface area contributed by atoms with Crippen molar-refractivity contribution in [1.82, 2.24) is 15.1 Å². The molecule has 8 nitrogen and oxygen atoms in total. The summed E-state index contributed by atoms with van der Waals surface area (Å²) in [5, 5.41) is 18.4. The molecule has 1 amide bonds. The second kappa shape index (κ2) is 10.3. The number of nitrogens with one attached hydrogen (secondary N) is 1. The quantitative estimate of drug-likeness (QED) is 0.276. The van der Waals surface area contributed by atoms with Crippen LogP contribution in [0.1, 0.15) is 64.8 Å². The van der Waals surface area contributed by atoms with Crippen molar-refractivity contribution < 1.29 is 23.8 Å². The van der Waals surface area contributed by atoms with E-state index in [1.807, 2.05) is 50.2 Å². The van der Waals surface area contributed by atoms with Crippen molar-refractivity contribution in [2.24, 2.45) is 5.92 Å². The number of carbonyl (C=O) groups is 1. The van der Waals surface area contributed by atoms with E-state index in [-0.39, 0.29) is 18.2 Å². The standard InChI is InChI=1S/C30H33N3O5/c1-17(2)10-12-38-23-9-8-20(15-24(23)36-5)28-25-26(22-14-18(3)13-19(4)29(22)34)31-32-27(25)30(35)33(28)16-21-7-6-11-37-21/h6-9,11,13-15,17,28,34H,10,12,16H2,1-5H3,(H,31,32). The van der Waals surface area contributed by atoms with E-state index in [4.69, 9.17) is 13.9 Å². The number of aromatic hydroxyl groups is 1. The normalized spacial score (nSPS) is 14.8. The lowest BCUT2D eigenvalue weighted by Gasteiger charge is -2.26. The number of rotatable bonds is 9. The van der Waals surface area contributed by atoms with E-state index in [1.165, 1.54) is 0 Å². The Morgan fingerprint density at radius 2 is 1.97 bits per heavy atom. The fraction of sp³-hybridized carbons (Fsp3) is 0.333. The molecule has 2 aromatic carbocycles. The summed E-state index contributed by atoms with van der Waals surface area (Å²) in [6.45, 7) is 8.99. The molecular weight excluding hydrogens is 482 g/mol. The molecule has 0 saturated carbocycles. The van der Waals surface area contributed by atoms with E-state index >= 15 is 0 Å². The van der Waals surface area contributed by atoms with Crippen LogP contribution in [0.4, 0.5) is 0 Å². The predicted molar refractivity (Wildman–Crippen MR) is 144 cm³/mol. The van der Waals surface area contributed by atoms with E-state index in [0.717, 1.165) is 23.1 Å². The van der Waals surface area contributed by atoms with Gasteiger partial charge in [-0.3, -0.25) is 9.89 Å². The Morgan fingerprint density at radius 1 is 1.16 bits per heavy atom. The van der Waals surface area contributed by atoms with Gasteiger partial charge < -0.3 is 23.9 Å². The molecule has 38 heavy (non-hydrogen) atoms. The molecule has 3 heterocycles. The van der Waals surface area contributed by atoms with Gasteiger partial charge in [-0.15, -0.1) is 0 Å². The third kappa shape index (κ3) is 4.62. The largest absolute Gasteiger partial charge is 0.507 e. The second-order valence-electron chi connectivity index (χ2n) is 10.2. The van der Waals surface area contributed by atoms with Crippen LogP contribution in [-0.2, 0) is 6.54 Å². The molecule has 1 atom stereocenters. The first-order valence-electron chi connectivity index (χ1n) is 12.8. The highest BCUT2D eigenvalue weighted by molar-refractivity contribution is 6.00. The molecule has 0 fully saturated rings. The summed E-state index contributed by atoms with van der Waals surface area (Å²) in [5.74, 6) is 2.38.